The van der Waals surface area contributed by atoms with Crippen LogP contribution in [0.25, 0.3) is 0 Å². The lowest BCUT2D eigenvalue weighted by Crippen LogP contribution is -2.44. The van der Waals surface area contributed by atoms with Crippen LogP contribution >= 0.6 is 0 Å². The molecule has 4 heteroatoms. The fraction of sp³-hybridized carbons (Fsp3) is 0.333. The van der Waals surface area contributed by atoms with E-state index in [9.17, 15) is 9.59 Å². The molecular formula is C24H29NO3. The van der Waals surface area contributed by atoms with Crippen molar-refractivity contribution in [2.45, 2.75) is 26.3 Å². The zero-order chi connectivity index (χ0) is 19.9. The van der Waals surface area contributed by atoms with Gasteiger partial charge in [-0.1, -0.05) is 67.6 Å². The quantitative estimate of drug-likeness (QED) is 0.415. The molecule has 0 N–H and O–H groups in total. The Labute approximate surface area is 168 Å². The highest BCUT2D eigenvalue weighted by Gasteiger charge is 2.41. The number of carbonyl (C=O) groups excluding carboxylic acids is 2. The highest BCUT2D eigenvalue weighted by molar-refractivity contribution is 5.87. The molecule has 3 atom stereocenters. The van der Waals surface area contributed by atoms with Gasteiger partial charge < -0.3 is 9.64 Å². The Morgan fingerprint density at radius 2 is 1.71 bits per heavy atom. The number of amides is 1. The van der Waals surface area contributed by atoms with Gasteiger partial charge in [0.1, 0.15) is 5.75 Å². The molecule has 0 radical (unpaired) electrons. The second-order valence-electron chi connectivity index (χ2n) is 7.28. The number of rotatable bonds is 6. The summed E-state index contributed by atoms with van der Waals surface area (Å²) in [6, 6.07) is 18.9. The molecule has 1 amide bonds. The van der Waals surface area contributed by atoms with Crippen LogP contribution in [0.5, 0.6) is 5.75 Å². The molecule has 1 aliphatic carbocycles. The standard InChI is InChI=1S/C24H27NO3.H2/c1-3-19-13-10-16-21(24(27)28-20-14-8-5-9-15-20)22(19)23(26)25(2)17-18-11-6-4-7-12-18;/h4-15,19,21-22H,3,16-17H2,1-2H3;1H/t19?,21-,22?;/m0./s1. The summed E-state index contributed by atoms with van der Waals surface area (Å²) >= 11 is 0. The maximum Gasteiger partial charge on any atom is 0.315 e. The molecule has 2 aromatic carbocycles. The van der Waals surface area contributed by atoms with Gasteiger partial charge in [-0.15, -0.1) is 0 Å². The SMILES string of the molecule is CCC1C=CC[C@H](C(=O)Oc2ccccc2)C1C(=O)N(C)Cc1ccccc1.[HH]. The molecule has 0 aliphatic heterocycles. The summed E-state index contributed by atoms with van der Waals surface area (Å²) in [6.07, 6.45) is 5.41. The van der Waals surface area contributed by atoms with Crippen LogP contribution in [0, 0.1) is 17.8 Å². The molecule has 0 aromatic heterocycles. The number of nitrogens with zero attached hydrogens (tertiary/aromatic N) is 1. The number of esters is 1. The van der Waals surface area contributed by atoms with E-state index in [-0.39, 0.29) is 19.2 Å². The average Bonchev–Trinajstić information content (AvgIpc) is 2.74. The van der Waals surface area contributed by atoms with Crippen molar-refractivity contribution in [3.63, 3.8) is 0 Å². The molecule has 0 saturated heterocycles. The van der Waals surface area contributed by atoms with Crippen molar-refractivity contribution in [1.82, 2.24) is 4.90 Å². The molecule has 1 aliphatic rings. The van der Waals surface area contributed by atoms with E-state index in [1.807, 2.05) is 54.6 Å². The second-order valence-corrected chi connectivity index (χ2v) is 7.28. The van der Waals surface area contributed by atoms with Crippen LogP contribution in [0.1, 0.15) is 26.8 Å². The van der Waals surface area contributed by atoms with Gasteiger partial charge >= 0.3 is 5.97 Å². The van der Waals surface area contributed by atoms with Crippen LogP contribution in [0.2, 0.25) is 0 Å². The van der Waals surface area contributed by atoms with Gasteiger partial charge in [-0.2, -0.15) is 0 Å². The summed E-state index contributed by atoms with van der Waals surface area (Å²) in [6.45, 7) is 2.58. The monoisotopic (exact) mass is 379 g/mol. The van der Waals surface area contributed by atoms with E-state index < -0.39 is 11.8 Å². The maximum absolute atomic E-state index is 13.3. The maximum atomic E-state index is 13.3. The number of hydrogen-bond donors (Lipinski definition) is 0. The number of allylic oxidation sites excluding steroid dienone is 2. The zero-order valence-corrected chi connectivity index (χ0v) is 16.5. The first-order valence-electron chi connectivity index (χ1n) is 9.82. The van der Waals surface area contributed by atoms with Gasteiger partial charge in [-0.3, -0.25) is 9.59 Å². The van der Waals surface area contributed by atoms with Crippen molar-refractivity contribution in [3.05, 3.63) is 78.4 Å². The third-order valence-electron chi connectivity index (χ3n) is 5.33. The molecule has 2 unspecified atom stereocenters. The molecular weight excluding hydrogens is 350 g/mol. The van der Waals surface area contributed by atoms with E-state index in [0.29, 0.717) is 18.7 Å². The summed E-state index contributed by atoms with van der Waals surface area (Å²) in [5.41, 5.74) is 1.07. The zero-order valence-electron chi connectivity index (χ0n) is 16.5. The number of para-hydroxylation sites is 1. The summed E-state index contributed by atoms with van der Waals surface area (Å²) in [5, 5.41) is 0. The normalized spacial score (nSPS) is 21.1. The Hall–Kier alpha value is -2.88. The lowest BCUT2D eigenvalue weighted by Gasteiger charge is -2.34. The van der Waals surface area contributed by atoms with Crippen LogP contribution in [-0.4, -0.2) is 23.8 Å². The van der Waals surface area contributed by atoms with Crippen molar-refractivity contribution in [2.24, 2.45) is 17.8 Å². The van der Waals surface area contributed by atoms with E-state index in [4.69, 9.17) is 4.74 Å². The molecule has 0 heterocycles. The third kappa shape index (κ3) is 4.69. The minimum atomic E-state index is -0.471. The first kappa shape index (κ1) is 19.9. The highest BCUT2D eigenvalue weighted by Crippen LogP contribution is 2.35. The minimum absolute atomic E-state index is 0. The van der Waals surface area contributed by atoms with Crippen LogP contribution in [0.3, 0.4) is 0 Å². The average molecular weight is 380 g/mol. The van der Waals surface area contributed by atoms with Crippen LogP contribution in [0.4, 0.5) is 0 Å². The second kappa shape index (κ2) is 9.36. The third-order valence-corrected chi connectivity index (χ3v) is 5.33. The van der Waals surface area contributed by atoms with Gasteiger partial charge in [0.15, 0.2) is 0 Å². The van der Waals surface area contributed by atoms with Gasteiger partial charge in [0.05, 0.1) is 11.8 Å². The van der Waals surface area contributed by atoms with Crippen LogP contribution < -0.4 is 4.74 Å². The Kier molecular flexibility index (Phi) is 6.64. The Bertz CT molecular complexity index is 823. The summed E-state index contributed by atoms with van der Waals surface area (Å²) < 4.78 is 5.58. The molecule has 0 fully saturated rings. The van der Waals surface area contributed by atoms with E-state index in [0.717, 1.165) is 12.0 Å². The van der Waals surface area contributed by atoms with Gasteiger partial charge in [-0.25, -0.2) is 0 Å². The van der Waals surface area contributed by atoms with Gasteiger partial charge in [0.2, 0.25) is 5.91 Å². The summed E-state index contributed by atoms with van der Waals surface area (Å²) in [7, 11) is 1.81. The van der Waals surface area contributed by atoms with Crippen molar-refractivity contribution in [1.29, 1.82) is 0 Å². The molecule has 0 spiro atoms. The van der Waals surface area contributed by atoms with Crippen LogP contribution in [-0.2, 0) is 16.1 Å². The molecule has 4 nitrogen and oxygen atoms in total. The first-order valence-corrected chi connectivity index (χ1v) is 9.82. The Morgan fingerprint density at radius 1 is 1.07 bits per heavy atom. The lowest BCUT2D eigenvalue weighted by molar-refractivity contribution is -0.150. The number of hydrogen-bond acceptors (Lipinski definition) is 3. The first-order chi connectivity index (χ1) is 13.6. The predicted octanol–water partition coefficient (Wildman–Crippen LogP) is 4.72. The topological polar surface area (TPSA) is 46.6 Å². The smallest absolute Gasteiger partial charge is 0.315 e. The minimum Gasteiger partial charge on any atom is -0.426 e. The predicted molar refractivity (Wildman–Crippen MR) is 112 cm³/mol. The van der Waals surface area contributed by atoms with E-state index in [2.05, 4.69) is 13.0 Å². The van der Waals surface area contributed by atoms with Crippen molar-refractivity contribution in [3.8, 4) is 5.75 Å². The van der Waals surface area contributed by atoms with Gasteiger partial charge in [0.25, 0.3) is 0 Å². The number of ether oxygens (including phenoxy) is 1. The Balaban J connectivity index is 0.00000300. The lowest BCUT2D eigenvalue weighted by atomic mass is 9.74. The fourth-order valence-corrected chi connectivity index (χ4v) is 3.82. The van der Waals surface area contributed by atoms with Crippen LogP contribution in [0.15, 0.2) is 72.8 Å². The molecule has 3 rings (SSSR count). The molecule has 0 bridgehead atoms. The fourth-order valence-electron chi connectivity index (χ4n) is 3.82. The Morgan fingerprint density at radius 3 is 2.36 bits per heavy atom. The van der Waals surface area contributed by atoms with E-state index >= 15 is 0 Å². The van der Waals surface area contributed by atoms with Crippen molar-refractivity contribution < 1.29 is 15.8 Å². The number of benzene rings is 2. The molecule has 148 valence electrons. The summed E-state index contributed by atoms with van der Waals surface area (Å²) in [5.74, 6) is -0.664. The highest BCUT2D eigenvalue weighted by atomic mass is 16.5. The van der Waals surface area contributed by atoms with Gasteiger partial charge in [0, 0.05) is 15.0 Å². The van der Waals surface area contributed by atoms with E-state index in [1.165, 1.54) is 0 Å². The summed E-state index contributed by atoms with van der Waals surface area (Å²) in [4.78, 5) is 27.9. The van der Waals surface area contributed by atoms with E-state index in [1.54, 1.807) is 24.1 Å². The molecule has 28 heavy (non-hydrogen) atoms. The molecule has 0 saturated carbocycles. The number of carbonyl (C=O) groups is 2. The van der Waals surface area contributed by atoms with Crippen molar-refractivity contribution >= 4 is 11.9 Å². The van der Waals surface area contributed by atoms with Gasteiger partial charge in [-0.05, 0) is 36.5 Å². The van der Waals surface area contributed by atoms with Crippen molar-refractivity contribution in [2.75, 3.05) is 7.05 Å². The largest absolute Gasteiger partial charge is 0.426 e. The molecule has 2 aromatic rings.